The standard InChI is InChI=1S/C9H19OP/c1-2-7-11(10)8-5-3-4-6-9-11/h2-9H2,1H3. The molecule has 0 aromatic rings. The van der Waals surface area contributed by atoms with Crippen molar-refractivity contribution in [2.75, 3.05) is 18.5 Å². The normalized spacial score (nSPS) is 24.5. The zero-order chi connectivity index (χ0) is 8.16. The second-order valence-electron chi connectivity index (χ2n) is 3.64. The molecule has 1 aliphatic rings. The number of hydrogen-bond donors (Lipinski definition) is 0. The topological polar surface area (TPSA) is 17.1 Å². The molecule has 0 aromatic heterocycles. The Morgan fingerprint density at radius 3 is 2.09 bits per heavy atom. The van der Waals surface area contributed by atoms with Gasteiger partial charge < -0.3 is 4.57 Å². The molecule has 0 radical (unpaired) electrons. The molecular formula is C9H19OP. The van der Waals surface area contributed by atoms with E-state index in [-0.39, 0.29) is 0 Å². The molecule has 0 N–H and O–H groups in total. The predicted molar refractivity (Wildman–Crippen MR) is 51.0 cm³/mol. The molecule has 0 atom stereocenters. The van der Waals surface area contributed by atoms with E-state index in [0.717, 1.165) is 24.9 Å². The summed E-state index contributed by atoms with van der Waals surface area (Å²) in [7, 11) is -1.66. The van der Waals surface area contributed by atoms with E-state index in [1.807, 2.05) is 0 Å². The van der Waals surface area contributed by atoms with Crippen molar-refractivity contribution in [3.8, 4) is 0 Å². The molecule has 1 aliphatic heterocycles. The van der Waals surface area contributed by atoms with Crippen LogP contribution in [0.3, 0.4) is 0 Å². The van der Waals surface area contributed by atoms with Gasteiger partial charge in [-0.05, 0) is 19.3 Å². The van der Waals surface area contributed by atoms with Crippen molar-refractivity contribution in [3.63, 3.8) is 0 Å². The molecule has 0 saturated carbocycles. The Labute approximate surface area is 69.9 Å². The average Bonchev–Trinajstić information content (AvgIpc) is 2.15. The zero-order valence-corrected chi connectivity index (χ0v) is 8.41. The molecule has 0 bridgehead atoms. The van der Waals surface area contributed by atoms with Crippen molar-refractivity contribution >= 4 is 7.14 Å². The highest BCUT2D eigenvalue weighted by molar-refractivity contribution is 7.63. The Hall–Kier alpha value is 0.230. The van der Waals surface area contributed by atoms with Gasteiger partial charge in [0.1, 0.15) is 0 Å². The van der Waals surface area contributed by atoms with Crippen LogP contribution in [0, 0.1) is 0 Å². The molecule has 0 unspecified atom stereocenters. The summed E-state index contributed by atoms with van der Waals surface area (Å²) in [6.45, 7) is 2.14. The zero-order valence-electron chi connectivity index (χ0n) is 7.51. The van der Waals surface area contributed by atoms with Crippen LogP contribution in [0.2, 0.25) is 0 Å². The fourth-order valence-corrected chi connectivity index (χ4v) is 4.98. The highest BCUT2D eigenvalue weighted by Gasteiger charge is 2.21. The first-order valence-electron chi connectivity index (χ1n) is 4.84. The van der Waals surface area contributed by atoms with Gasteiger partial charge in [-0.25, -0.2) is 0 Å². The average molecular weight is 174 g/mol. The van der Waals surface area contributed by atoms with Gasteiger partial charge in [-0.15, -0.1) is 0 Å². The Balaban J connectivity index is 2.45. The Morgan fingerprint density at radius 1 is 1.09 bits per heavy atom. The van der Waals surface area contributed by atoms with Crippen LogP contribution in [0.4, 0.5) is 0 Å². The monoisotopic (exact) mass is 174 g/mol. The molecule has 0 amide bonds. The largest absolute Gasteiger partial charge is 0.324 e. The third-order valence-electron chi connectivity index (χ3n) is 2.51. The molecule has 11 heavy (non-hydrogen) atoms. The first kappa shape index (κ1) is 9.32. The van der Waals surface area contributed by atoms with Gasteiger partial charge >= 0.3 is 0 Å². The lowest BCUT2D eigenvalue weighted by atomic mass is 10.2. The minimum atomic E-state index is -1.66. The molecule has 1 heterocycles. The van der Waals surface area contributed by atoms with Crippen LogP contribution in [0.15, 0.2) is 0 Å². The molecule has 0 aliphatic carbocycles. The van der Waals surface area contributed by atoms with Gasteiger partial charge in [0, 0.05) is 18.5 Å². The summed E-state index contributed by atoms with van der Waals surface area (Å²) in [5, 5.41) is 0. The van der Waals surface area contributed by atoms with Crippen LogP contribution in [0.5, 0.6) is 0 Å². The van der Waals surface area contributed by atoms with Crippen molar-refractivity contribution in [2.45, 2.75) is 39.0 Å². The molecule has 66 valence electrons. The molecule has 1 nitrogen and oxygen atoms in total. The van der Waals surface area contributed by atoms with Crippen LogP contribution in [-0.2, 0) is 4.57 Å². The fraction of sp³-hybridized carbons (Fsp3) is 1.00. The van der Waals surface area contributed by atoms with Gasteiger partial charge in [-0.3, -0.25) is 0 Å². The lowest BCUT2D eigenvalue weighted by molar-refractivity contribution is 0.573. The first-order valence-corrected chi connectivity index (χ1v) is 7.10. The van der Waals surface area contributed by atoms with Gasteiger partial charge in [0.05, 0.1) is 7.14 Å². The first-order chi connectivity index (χ1) is 5.27. The minimum absolute atomic E-state index is 1.01. The molecule has 1 rings (SSSR count). The fourth-order valence-electron chi connectivity index (χ4n) is 1.90. The SMILES string of the molecule is CCCP1(=O)CCCCCC1. The van der Waals surface area contributed by atoms with Crippen molar-refractivity contribution in [1.29, 1.82) is 0 Å². The highest BCUT2D eigenvalue weighted by Crippen LogP contribution is 2.49. The van der Waals surface area contributed by atoms with E-state index in [2.05, 4.69) is 6.92 Å². The van der Waals surface area contributed by atoms with E-state index in [1.165, 1.54) is 25.7 Å². The molecular weight excluding hydrogens is 155 g/mol. The van der Waals surface area contributed by atoms with Gasteiger partial charge in [0.25, 0.3) is 0 Å². The van der Waals surface area contributed by atoms with Crippen LogP contribution >= 0.6 is 7.14 Å². The second kappa shape index (κ2) is 4.30. The van der Waals surface area contributed by atoms with Crippen molar-refractivity contribution in [1.82, 2.24) is 0 Å². The van der Waals surface area contributed by atoms with E-state index in [9.17, 15) is 4.57 Å². The van der Waals surface area contributed by atoms with E-state index in [1.54, 1.807) is 0 Å². The summed E-state index contributed by atoms with van der Waals surface area (Å²) in [5.41, 5.74) is 0. The predicted octanol–water partition coefficient (Wildman–Crippen LogP) is 3.33. The van der Waals surface area contributed by atoms with Crippen molar-refractivity contribution < 1.29 is 4.57 Å². The van der Waals surface area contributed by atoms with Crippen LogP contribution < -0.4 is 0 Å². The van der Waals surface area contributed by atoms with Gasteiger partial charge in [-0.2, -0.15) is 0 Å². The summed E-state index contributed by atoms with van der Waals surface area (Å²) < 4.78 is 12.1. The van der Waals surface area contributed by atoms with Crippen molar-refractivity contribution in [3.05, 3.63) is 0 Å². The molecule has 0 aromatic carbocycles. The van der Waals surface area contributed by atoms with Crippen molar-refractivity contribution in [2.24, 2.45) is 0 Å². The summed E-state index contributed by atoms with van der Waals surface area (Å²) >= 11 is 0. The maximum atomic E-state index is 12.1. The summed E-state index contributed by atoms with van der Waals surface area (Å²) in [6.07, 6.45) is 9.27. The highest BCUT2D eigenvalue weighted by atomic mass is 31.2. The Bertz CT molecular complexity index is 142. The third kappa shape index (κ3) is 2.99. The van der Waals surface area contributed by atoms with Gasteiger partial charge in [0.2, 0.25) is 0 Å². The molecule has 1 saturated heterocycles. The summed E-state index contributed by atoms with van der Waals surface area (Å²) in [6, 6.07) is 0. The Morgan fingerprint density at radius 2 is 1.64 bits per heavy atom. The summed E-state index contributed by atoms with van der Waals surface area (Å²) in [4.78, 5) is 0. The lowest BCUT2D eigenvalue weighted by Gasteiger charge is -2.13. The van der Waals surface area contributed by atoms with E-state index < -0.39 is 7.14 Å². The maximum Gasteiger partial charge on any atom is 0.0877 e. The van der Waals surface area contributed by atoms with Gasteiger partial charge in [-0.1, -0.05) is 19.8 Å². The van der Waals surface area contributed by atoms with E-state index in [4.69, 9.17) is 0 Å². The quantitative estimate of drug-likeness (QED) is 0.587. The second-order valence-corrected chi connectivity index (χ2v) is 7.10. The lowest BCUT2D eigenvalue weighted by Crippen LogP contribution is -1.96. The Kier molecular flexibility index (Phi) is 3.65. The summed E-state index contributed by atoms with van der Waals surface area (Å²) in [5.74, 6) is 0. The van der Waals surface area contributed by atoms with E-state index >= 15 is 0 Å². The third-order valence-corrected chi connectivity index (χ3v) is 6.04. The number of hydrogen-bond acceptors (Lipinski definition) is 1. The number of rotatable bonds is 2. The smallest absolute Gasteiger partial charge is 0.0877 e. The molecule has 2 heteroatoms. The van der Waals surface area contributed by atoms with Crippen LogP contribution in [0.25, 0.3) is 0 Å². The van der Waals surface area contributed by atoms with E-state index in [0.29, 0.717) is 0 Å². The van der Waals surface area contributed by atoms with Crippen LogP contribution in [-0.4, -0.2) is 18.5 Å². The molecule has 0 spiro atoms. The van der Waals surface area contributed by atoms with Crippen LogP contribution in [0.1, 0.15) is 39.0 Å². The minimum Gasteiger partial charge on any atom is -0.324 e. The molecule has 1 fully saturated rings. The maximum absolute atomic E-state index is 12.1. The van der Waals surface area contributed by atoms with Gasteiger partial charge in [0.15, 0.2) is 0 Å².